The van der Waals surface area contributed by atoms with Crippen LogP contribution in [-0.4, -0.2) is 17.0 Å². The molecule has 1 rings (SSSR count). The number of hydrogen-bond donors (Lipinski definition) is 2. The molecule has 4 nitrogen and oxygen atoms in total. The largest absolute Gasteiger partial charge is 0.373 e. The number of nitrogens with two attached hydrogens (primary N) is 1. The first-order valence-electron chi connectivity index (χ1n) is 4.73. The summed E-state index contributed by atoms with van der Waals surface area (Å²) in [5, 5.41) is 3.01. The standard InChI is InChI=1S/C10H18N4/c1-10(2,3)9-13-7(6-11)5-8(12-4)14-9/h5H,6,11H2,1-4H3,(H,12,13,14). The third kappa shape index (κ3) is 2.42. The number of aromatic nitrogens is 2. The maximum absolute atomic E-state index is 5.57. The molecular formula is C10H18N4. The molecule has 0 aliphatic rings. The predicted octanol–water partition coefficient (Wildman–Crippen LogP) is 1.27. The SMILES string of the molecule is CNc1cc(CN)nc(C(C)(C)C)n1. The quantitative estimate of drug-likeness (QED) is 0.744. The van der Waals surface area contributed by atoms with Gasteiger partial charge in [0.1, 0.15) is 11.6 Å². The van der Waals surface area contributed by atoms with Gasteiger partial charge in [-0.05, 0) is 0 Å². The van der Waals surface area contributed by atoms with Gasteiger partial charge in [-0.3, -0.25) is 0 Å². The second kappa shape index (κ2) is 3.92. The van der Waals surface area contributed by atoms with Crippen LogP contribution in [0.25, 0.3) is 0 Å². The molecule has 0 saturated heterocycles. The Balaban J connectivity index is 3.17. The highest BCUT2D eigenvalue weighted by Crippen LogP contribution is 2.20. The summed E-state index contributed by atoms with van der Waals surface area (Å²) in [6.45, 7) is 6.70. The lowest BCUT2D eigenvalue weighted by Gasteiger charge is -2.18. The fraction of sp³-hybridized carbons (Fsp3) is 0.600. The number of anilines is 1. The molecule has 1 aromatic rings. The van der Waals surface area contributed by atoms with Crippen molar-refractivity contribution in [2.75, 3.05) is 12.4 Å². The van der Waals surface area contributed by atoms with Crippen LogP contribution in [0.15, 0.2) is 6.07 Å². The molecular weight excluding hydrogens is 176 g/mol. The van der Waals surface area contributed by atoms with Gasteiger partial charge in [-0.2, -0.15) is 0 Å². The summed E-state index contributed by atoms with van der Waals surface area (Å²) in [5.41, 5.74) is 6.39. The molecule has 0 spiro atoms. The summed E-state index contributed by atoms with van der Waals surface area (Å²) in [5.74, 6) is 1.65. The van der Waals surface area contributed by atoms with E-state index in [1.807, 2.05) is 13.1 Å². The molecule has 4 heteroatoms. The lowest BCUT2D eigenvalue weighted by atomic mass is 9.95. The molecule has 78 valence electrons. The Morgan fingerprint density at radius 2 is 2.00 bits per heavy atom. The molecule has 0 aliphatic carbocycles. The molecule has 1 aromatic heterocycles. The minimum Gasteiger partial charge on any atom is -0.373 e. The number of hydrogen-bond acceptors (Lipinski definition) is 4. The molecule has 0 saturated carbocycles. The third-order valence-corrected chi connectivity index (χ3v) is 1.92. The van der Waals surface area contributed by atoms with Crippen LogP contribution in [0.3, 0.4) is 0 Å². The Kier molecular flexibility index (Phi) is 3.06. The van der Waals surface area contributed by atoms with Gasteiger partial charge in [0.2, 0.25) is 0 Å². The van der Waals surface area contributed by atoms with Gasteiger partial charge in [-0.15, -0.1) is 0 Å². The molecule has 1 heterocycles. The van der Waals surface area contributed by atoms with E-state index in [1.54, 1.807) is 0 Å². The van der Waals surface area contributed by atoms with Crippen LogP contribution >= 0.6 is 0 Å². The van der Waals surface area contributed by atoms with Gasteiger partial charge < -0.3 is 11.1 Å². The molecule has 0 amide bonds. The number of nitrogens with zero attached hydrogens (tertiary/aromatic N) is 2. The Morgan fingerprint density at radius 3 is 2.43 bits per heavy atom. The highest BCUT2D eigenvalue weighted by Gasteiger charge is 2.18. The summed E-state index contributed by atoms with van der Waals surface area (Å²) in [4.78, 5) is 8.79. The summed E-state index contributed by atoms with van der Waals surface area (Å²) in [7, 11) is 1.84. The monoisotopic (exact) mass is 194 g/mol. The highest BCUT2D eigenvalue weighted by atomic mass is 15.0. The van der Waals surface area contributed by atoms with E-state index >= 15 is 0 Å². The molecule has 0 aromatic carbocycles. The van der Waals surface area contributed by atoms with Crippen LogP contribution in [0.5, 0.6) is 0 Å². The molecule has 3 N–H and O–H groups in total. The summed E-state index contributed by atoms with van der Waals surface area (Å²) >= 11 is 0. The first-order valence-corrected chi connectivity index (χ1v) is 4.73. The van der Waals surface area contributed by atoms with Crippen LogP contribution in [0.2, 0.25) is 0 Å². The second-order valence-corrected chi connectivity index (χ2v) is 4.27. The van der Waals surface area contributed by atoms with Crippen LogP contribution < -0.4 is 11.1 Å². The van der Waals surface area contributed by atoms with Gasteiger partial charge in [0.25, 0.3) is 0 Å². The van der Waals surface area contributed by atoms with Crippen LogP contribution in [-0.2, 0) is 12.0 Å². The van der Waals surface area contributed by atoms with Crippen molar-refractivity contribution in [1.29, 1.82) is 0 Å². The maximum Gasteiger partial charge on any atom is 0.136 e. The zero-order valence-corrected chi connectivity index (χ0v) is 9.26. The predicted molar refractivity (Wildman–Crippen MR) is 58.2 cm³/mol. The van der Waals surface area contributed by atoms with E-state index in [-0.39, 0.29) is 5.41 Å². The van der Waals surface area contributed by atoms with Crippen molar-refractivity contribution >= 4 is 5.82 Å². The van der Waals surface area contributed by atoms with Gasteiger partial charge in [-0.1, -0.05) is 20.8 Å². The smallest absolute Gasteiger partial charge is 0.136 e. The first kappa shape index (κ1) is 10.9. The van der Waals surface area contributed by atoms with E-state index in [4.69, 9.17) is 5.73 Å². The van der Waals surface area contributed by atoms with Crippen LogP contribution in [0.1, 0.15) is 32.3 Å². The molecule has 0 fully saturated rings. The summed E-state index contributed by atoms with van der Waals surface area (Å²) in [6, 6.07) is 1.87. The Bertz CT molecular complexity index is 292. The van der Waals surface area contributed by atoms with E-state index in [1.165, 1.54) is 0 Å². The highest BCUT2D eigenvalue weighted by molar-refractivity contribution is 5.36. The summed E-state index contributed by atoms with van der Waals surface area (Å²) < 4.78 is 0. The summed E-state index contributed by atoms with van der Waals surface area (Å²) in [6.07, 6.45) is 0. The van der Waals surface area contributed by atoms with Crippen molar-refractivity contribution in [1.82, 2.24) is 9.97 Å². The normalized spacial score (nSPS) is 11.5. The van der Waals surface area contributed by atoms with Crippen LogP contribution in [0.4, 0.5) is 5.82 Å². The topological polar surface area (TPSA) is 63.8 Å². The van der Waals surface area contributed by atoms with Gasteiger partial charge in [0.05, 0.1) is 5.69 Å². The van der Waals surface area contributed by atoms with E-state index < -0.39 is 0 Å². The Hall–Kier alpha value is -1.16. The van der Waals surface area contributed by atoms with E-state index in [2.05, 4.69) is 36.1 Å². The van der Waals surface area contributed by atoms with E-state index in [0.29, 0.717) is 6.54 Å². The minimum absolute atomic E-state index is 0.0449. The van der Waals surface area contributed by atoms with Gasteiger partial charge in [0.15, 0.2) is 0 Å². The molecule has 0 unspecified atom stereocenters. The average molecular weight is 194 g/mol. The average Bonchev–Trinajstić information content (AvgIpc) is 2.15. The van der Waals surface area contributed by atoms with Gasteiger partial charge in [-0.25, -0.2) is 9.97 Å². The zero-order valence-electron chi connectivity index (χ0n) is 9.26. The van der Waals surface area contributed by atoms with Crippen LogP contribution in [0, 0.1) is 0 Å². The van der Waals surface area contributed by atoms with Crippen molar-refractivity contribution in [2.45, 2.75) is 32.7 Å². The molecule has 0 bridgehead atoms. The Labute approximate surface area is 85.0 Å². The van der Waals surface area contributed by atoms with Gasteiger partial charge in [0, 0.05) is 25.1 Å². The first-order chi connectivity index (χ1) is 6.47. The van der Waals surface area contributed by atoms with Crippen molar-refractivity contribution in [2.24, 2.45) is 5.73 Å². The fourth-order valence-corrected chi connectivity index (χ4v) is 1.07. The number of rotatable bonds is 2. The lowest BCUT2D eigenvalue weighted by molar-refractivity contribution is 0.542. The van der Waals surface area contributed by atoms with Crippen molar-refractivity contribution in [3.05, 3.63) is 17.6 Å². The lowest BCUT2D eigenvalue weighted by Crippen LogP contribution is -2.18. The fourth-order valence-electron chi connectivity index (χ4n) is 1.07. The second-order valence-electron chi connectivity index (χ2n) is 4.27. The number of nitrogens with one attached hydrogen (secondary N) is 1. The zero-order chi connectivity index (χ0) is 10.8. The van der Waals surface area contributed by atoms with Crippen molar-refractivity contribution in [3.63, 3.8) is 0 Å². The molecule has 0 aliphatic heterocycles. The molecule has 0 radical (unpaired) electrons. The van der Waals surface area contributed by atoms with Crippen molar-refractivity contribution < 1.29 is 0 Å². The van der Waals surface area contributed by atoms with E-state index in [0.717, 1.165) is 17.3 Å². The molecule has 14 heavy (non-hydrogen) atoms. The van der Waals surface area contributed by atoms with Crippen molar-refractivity contribution in [3.8, 4) is 0 Å². The maximum atomic E-state index is 5.57. The minimum atomic E-state index is -0.0449. The Morgan fingerprint density at radius 1 is 1.36 bits per heavy atom. The third-order valence-electron chi connectivity index (χ3n) is 1.92. The molecule has 0 atom stereocenters. The van der Waals surface area contributed by atoms with Gasteiger partial charge >= 0.3 is 0 Å². The van der Waals surface area contributed by atoms with E-state index in [9.17, 15) is 0 Å².